The predicted octanol–water partition coefficient (Wildman–Crippen LogP) is 12.6. The molecule has 328 valence electrons. The molecule has 11 heteroatoms. The highest BCUT2D eigenvalue weighted by molar-refractivity contribution is 7.09. The lowest BCUT2D eigenvalue weighted by Crippen LogP contribution is -2.14. The van der Waals surface area contributed by atoms with Crippen LogP contribution in [0.1, 0.15) is 166 Å². The van der Waals surface area contributed by atoms with E-state index in [1.165, 1.54) is 10.6 Å². The zero-order valence-corrected chi connectivity index (χ0v) is 40.1. The summed E-state index contributed by atoms with van der Waals surface area (Å²) in [7, 11) is 0. The van der Waals surface area contributed by atoms with Gasteiger partial charge < -0.3 is 0 Å². The van der Waals surface area contributed by atoms with Gasteiger partial charge in [0.25, 0.3) is 0 Å². The first-order valence-electron chi connectivity index (χ1n) is 20.0. The predicted molar refractivity (Wildman–Crippen MR) is 253 cm³/mol. The fraction of sp³-hybridized carbons (Fsp3) is 0.510. The monoisotopic (exact) mass is 837 g/mol. The fourth-order valence-corrected chi connectivity index (χ4v) is 4.89. The van der Waals surface area contributed by atoms with Gasteiger partial charge in [-0.2, -0.15) is 10.2 Å². The van der Waals surface area contributed by atoms with Crippen molar-refractivity contribution in [2.24, 2.45) is 0 Å². The average Bonchev–Trinajstić information content (AvgIpc) is 3.73. The lowest BCUT2D eigenvalue weighted by molar-refractivity contribution is 0.545. The van der Waals surface area contributed by atoms with Gasteiger partial charge >= 0.3 is 0 Å². The topological polar surface area (TPSA) is 129 Å². The number of thiazole rings is 1. The molecule has 0 radical (unpaired) electrons. The van der Waals surface area contributed by atoms with Crippen LogP contribution in [0.25, 0.3) is 0 Å². The van der Waals surface area contributed by atoms with Crippen LogP contribution in [0.15, 0.2) is 110 Å². The maximum absolute atomic E-state index is 4.25. The second-order valence-electron chi connectivity index (χ2n) is 20.0. The summed E-state index contributed by atoms with van der Waals surface area (Å²) >= 11 is 1.72. The molecule has 0 N–H and O–H groups in total. The van der Waals surface area contributed by atoms with Crippen LogP contribution in [0.2, 0.25) is 0 Å². The molecule has 0 amide bonds. The summed E-state index contributed by atoms with van der Waals surface area (Å²) in [6.07, 6.45) is 19.4. The molecule has 0 unspecified atom stereocenters. The highest BCUT2D eigenvalue weighted by Crippen LogP contribution is 2.24. The van der Waals surface area contributed by atoms with Crippen molar-refractivity contribution in [2.75, 3.05) is 0 Å². The molecular formula is C49H76N10S. The number of aromatic nitrogens is 10. The summed E-state index contributed by atoms with van der Waals surface area (Å²) in [4.78, 5) is 32.8. The first-order chi connectivity index (χ1) is 27.1. The maximum Gasteiger partial charge on any atom is 0.133 e. The molecule has 0 fully saturated rings. The fourth-order valence-electron chi connectivity index (χ4n) is 4.16. The van der Waals surface area contributed by atoms with Crippen molar-refractivity contribution in [2.45, 2.75) is 165 Å². The molecular weight excluding hydrogens is 761 g/mol. The van der Waals surface area contributed by atoms with E-state index in [2.05, 4.69) is 181 Å². The molecule has 0 aromatic carbocycles. The van der Waals surface area contributed by atoms with Gasteiger partial charge in [-0.15, -0.1) is 11.3 Å². The van der Waals surface area contributed by atoms with Crippen LogP contribution in [0.4, 0.5) is 0 Å². The van der Waals surface area contributed by atoms with Gasteiger partial charge in [-0.1, -0.05) is 138 Å². The van der Waals surface area contributed by atoms with Gasteiger partial charge in [0.05, 0.1) is 16.4 Å². The number of nitrogens with zero attached hydrogens (tertiary/aromatic N) is 10. The summed E-state index contributed by atoms with van der Waals surface area (Å²) in [5.41, 5.74) is 5.29. The van der Waals surface area contributed by atoms with Crippen LogP contribution in [0.5, 0.6) is 0 Å². The SMILES string of the molecule is C.CC(C)(C)c1ccccn1.CC(C)(C)c1cccnn1.CC(C)(C)c1cnccn1.CC(C)(C)c1cncnc1.CC(C)(C)c1ncccn1.CC(C)(C)c1nccs1. The number of hydrogen-bond donors (Lipinski definition) is 0. The lowest BCUT2D eigenvalue weighted by atomic mass is 9.89. The third-order valence-electron chi connectivity index (χ3n) is 7.84. The zero-order valence-electron chi connectivity index (χ0n) is 39.3. The van der Waals surface area contributed by atoms with E-state index in [-0.39, 0.29) is 39.9 Å². The van der Waals surface area contributed by atoms with Crippen LogP contribution in [0, 0.1) is 0 Å². The van der Waals surface area contributed by atoms with E-state index >= 15 is 0 Å². The quantitative estimate of drug-likeness (QED) is 0.146. The van der Waals surface area contributed by atoms with Gasteiger partial charge in [0.15, 0.2) is 0 Å². The minimum absolute atomic E-state index is 0. The van der Waals surface area contributed by atoms with Crippen LogP contribution >= 0.6 is 11.3 Å². The van der Waals surface area contributed by atoms with Crippen LogP contribution in [-0.4, -0.2) is 50.1 Å². The molecule has 0 aliphatic carbocycles. The van der Waals surface area contributed by atoms with E-state index < -0.39 is 0 Å². The molecule has 0 aliphatic rings. The molecule has 0 saturated heterocycles. The molecule has 6 rings (SSSR count). The van der Waals surface area contributed by atoms with Crippen LogP contribution < -0.4 is 0 Å². The Balaban J connectivity index is 0.000000694. The maximum atomic E-state index is 4.25. The van der Waals surface area contributed by atoms with Crippen molar-refractivity contribution in [3.8, 4) is 0 Å². The Morgan fingerprint density at radius 2 is 0.933 bits per heavy atom. The highest BCUT2D eigenvalue weighted by Gasteiger charge is 2.17. The van der Waals surface area contributed by atoms with E-state index in [9.17, 15) is 0 Å². The van der Waals surface area contributed by atoms with Gasteiger partial charge in [0.1, 0.15) is 12.2 Å². The van der Waals surface area contributed by atoms with Gasteiger partial charge in [-0.05, 0) is 41.3 Å². The summed E-state index contributed by atoms with van der Waals surface area (Å²) in [6, 6.07) is 11.7. The molecule has 0 aliphatic heterocycles. The Bertz CT molecular complexity index is 1630. The van der Waals surface area contributed by atoms with Crippen molar-refractivity contribution < 1.29 is 0 Å². The van der Waals surface area contributed by atoms with Crippen molar-refractivity contribution in [1.82, 2.24) is 50.1 Å². The molecule has 6 heterocycles. The van der Waals surface area contributed by atoms with Gasteiger partial charge in [0, 0.05) is 100 Å². The first-order valence-corrected chi connectivity index (χ1v) is 20.9. The summed E-state index contributed by atoms with van der Waals surface area (Å²) in [6.45, 7) is 38.5. The molecule has 0 atom stereocenters. The van der Waals surface area contributed by atoms with Crippen LogP contribution in [0.3, 0.4) is 0 Å². The second kappa shape index (κ2) is 25.0. The van der Waals surface area contributed by atoms with Crippen molar-refractivity contribution >= 4 is 11.3 Å². The van der Waals surface area contributed by atoms with Crippen molar-refractivity contribution in [3.05, 3.63) is 144 Å². The first kappa shape index (κ1) is 55.1. The molecule has 6 aromatic heterocycles. The van der Waals surface area contributed by atoms with E-state index in [0.29, 0.717) is 0 Å². The average molecular weight is 837 g/mol. The summed E-state index contributed by atoms with van der Waals surface area (Å²) in [5.74, 6) is 0.898. The third-order valence-corrected chi connectivity index (χ3v) is 9.04. The Morgan fingerprint density at radius 3 is 1.22 bits per heavy atom. The largest absolute Gasteiger partial charge is 0.261 e. The lowest BCUT2D eigenvalue weighted by Gasteiger charge is -2.16. The van der Waals surface area contributed by atoms with E-state index in [0.717, 1.165) is 22.9 Å². The van der Waals surface area contributed by atoms with Gasteiger partial charge in [-0.25, -0.2) is 24.9 Å². The molecule has 6 aromatic rings. The molecule has 0 spiro atoms. The Labute approximate surface area is 368 Å². The minimum atomic E-state index is 0. The van der Waals surface area contributed by atoms with Gasteiger partial charge in [-0.3, -0.25) is 15.0 Å². The molecule has 0 bridgehead atoms. The normalized spacial score (nSPS) is 11.4. The third kappa shape index (κ3) is 23.6. The Morgan fingerprint density at radius 1 is 0.400 bits per heavy atom. The van der Waals surface area contributed by atoms with E-state index in [1.807, 2.05) is 60.5 Å². The number of hydrogen-bond acceptors (Lipinski definition) is 11. The van der Waals surface area contributed by atoms with Crippen molar-refractivity contribution in [1.29, 1.82) is 0 Å². The number of pyridine rings is 1. The minimum Gasteiger partial charge on any atom is -0.261 e. The summed E-state index contributed by atoms with van der Waals surface area (Å²) < 4.78 is 0. The summed E-state index contributed by atoms with van der Waals surface area (Å²) in [5, 5.41) is 11.0. The van der Waals surface area contributed by atoms with E-state index in [1.54, 1.807) is 54.8 Å². The highest BCUT2D eigenvalue weighted by atomic mass is 32.1. The zero-order chi connectivity index (χ0) is 45.0. The van der Waals surface area contributed by atoms with Crippen molar-refractivity contribution in [3.63, 3.8) is 0 Å². The molecule has 10 nitrogen and oxygen atoms in total. The van der Waals surface area contributed by atoms with E-state index in [4.69, 9.17) is 0 Å². The number of rotatable bonds is 0. The van der Waals surface area contributed by atoms with Crippen LogP contribution in [-0.2, 0) is 32.5 Å². The molecule has 60 heavy (non-hydrogen) atoms. The standard InChI is InChI=1S/C9H13N.4C8H12N2.C7H11NS.CH4/c1-9(2,3)8-6-4-5-7-10-8;1-8(2,3)7-4-9-6-10-5-7;1-8(2,3)7-6-9-4-5-10-7;1-8(2,3)7-9-5-4-6-10-7;1-8(2,3)7-5-4-6-9-10-7;1-7(2,3)6-8-4-5-9-6;/h4-7H,1-3H3;4*4-6H,1-3H3;4-5H,1-3H3;1H4. The second-order valence-corrected chi connectivity index (χ2v) is 20.8. The Hall–Kier alpha value is -4.90. The Kier molecular flexibility index (Phi) is 23.0. The smallest absolute Gasteiger partial charge is 0.133 e. The van der Waals surface area contributed by atoms with Gasteiger partial charge in [0.2, 0.25) is 0 Å². The molecule has 0 saturated carbocycles.